The van der Waals surface area contributed by atoms with Gasteiger partial charge in [0.2, 0.25) is 0 Å². The Morgan fingerprint density at radius 3 is 2.77 bits per heavy atom. The second-order valence-electron chi connectivity index (χ2n) is 6.38. The first-order chi connectivity index (χ1) is 10.6. The summed E-state index contributed by atoms with van der Waals surface area (Å²) >= 11 is 0. The first-order valence-electron chi connectivity index (χ1n) is 8.82. The van der Waals surface area contributed by atoms with Crippen LogP contribution in [0.1, 0.15) is 52.9 Å². The second kappa shape index (κ2) is 9.35. The normalized spacial score (nSPS) is 32.9. The smallest absolute Gasteiger partial charge is 0.376 e. The van der Waals surface area contributed by atoms with Crippen LogP contribution in [0.4, 0.5) is 0 Å². The summed E-state index contributed by atoms with van der Waals surface area (Å²) in [5.74, 6) is 0. The molecular weight excluding hydrogens is 300 g/mol. The molecule has 0 aromatic rings. The fourth-order valence-electron chi connectivity index (χ4n) is 2.75. The Labute approximate surface area is 136 Å². The van der Waals surface area contributed by atoms with Gasteiger partial charge in [-0.05, 0) is 40.0 Å². The van der Waals surface area contributed by atoms with Crippen LogP contribution >= 0.6 is 0 Å². The fourth-order valence-corrected chi connectivity index (χ4v) is 5.66. The summed E-state index contributed by atoms with van der Waals surface area (Å²) in [6.45, 7) is 9.36. The largest absolute Gasteiger partial charge is 0.501 e. The third kappa shape index (κ3) is 6.64. The highest BCUT2D eigenvalue weighted by molar-refractivity contribution is 6.60. The zero-order valence-corrected chi connectivity index (χ0v) is 15.3. The maximum atomic E-state index is 6.07. The van der Waals surface area contributed by atoms with Crippen LogP contribution in [0.2, 0.25) is 6.04 Å². The van der Waals surface area contributed by atoms with Crippen LogP contribution in [-0.2, 0) is 22.8 Å². The van der Waals surface area contributed by atoms with Crippen molar-refractivity contribution in [2.45, 2.75) is 77.2 Å². The molecule has 0 aromatic heterocycles. The van der Waals surface area contributed by atoms with E-state index in [0.717, 1.165) is 45.1 Å². The Balaban J connectivity index is 1.56. The molecule has 5 nitrogen and oxygen atoms in total. The molecule has 0 aliphatic carbocycles. The van der Waals surface area contributed by atoms with Crippen LogP contribution in [0.3, 0.4) is 0 Å². The van der Waals surface area contributed by atoms with Crippen molar-refractivity contribution in [2.75, 3.05) is 26.4 Å². The molecule has 2 aliphatic rings. The third-order valence-corrected chi connectivity index (χ3v) is 7.25. The lowest BCUT2D eigenvalue weighted by atomic mass is 10.1. The summed E-state index contributed by atoms with van der Waals surface area (Å²) in [5.41, 5.74) is 0. The minimum atomic E-state index is -2.39. The Hall–Kier alpha value is 0.0169. The molecule has 0 aromatic carbocycles. The van der Waals surface area contributed by atoms with E-state index in [-0.39, 0.29) is 6.10 Å². The summed E-state index contributed by atoms with van der Waals surface area (Å²) in [5, 5.41) is 0. The molecule has 4 unspecified atom stereocenters. The van der Waals surface area contributed by atoms with Crippen molar-refractivity contribution in [3.05, 3.63) is 0 Å². The lowest BCUT2D eigenvalue weighted by Crippen LogP contribution is -2.51. The van der Waals surface area contributed by atoms with E-state index < -0.39 is 8.80 Å². The van der Waals surface area contributed by atoms with E-state index in [0.29, 0.717) is 18.8 Å². The number of unbranched alkanes of at least 4 members (excludes halogenated alkanes) is 2. The quantitative estimate of drug-likeness (QED) is 0.330. The molecule has 0 bridgehead atoms. The highest BCUT2D eigenvalue weighted by Gasteiger charge is 2.44. The van der Waals surface area contributed by atoms with Crippen LogP contribution in [0, 0.1) is 0 Å². The van der Waals surface area contributed by atoms with Crippen molar-refractivity contribution in [1.29, 1.82) is 0 Å². The maximum absolute atomic E-state index is 6.07. The highest BCUT2D eigenvalue weighted by Crippen LogP contribution is 2.26. The molecule has 2 saturated heterocycles. The molecule has 0 saturated carbocycles. The summed E-state index contributed by atoms with van der Waals surface area (Å²) in [6, 6.07) is 0.941. The van der Waals surface area contributed by atoms with E-state index in [9.17, 15) is 0 Å². The van der Waals surface area contributed by atoms with Gasteiger partial charge in [-0.1, -0.05) is 12.8 Å². The topological polar surface area (TPSA) is 49.5 Å². The Morgan fingerprint density at radius 2 is 2.09 bits per heavy atom. The summed E-state index contributed by atoms with van der Waals surface area (Å²) < 4.78 is 28.8. The van der Waals surface area contributed by atoms with Crippen molar-refractivity contribution in [2.24, 2.45) is 0 Å². The molecule has 130 valence electrons. The fraction of sp³-hybridized carbons (Fsp3) is 1.00. The summed E-state index contributed by atoms with van der Waals surface area (Å²) in [6.07, 6.45) is 6.50. The maximum Gasteiger partial charge on any atom is 0.501 e. The first-order valence-corrected chi connectivity index (χ1v) is 10.8. The second-order valence-corrected chi connectivity index (χ2v) is 9.06. The minimum absolute atomic E-state index is 0.269. The van der Waals surface area contributed by atoms with Gasteiger partial charge in [-0.25, -0.2) is 0 Å². The van der Waals surface area contributed by atoms with E-state index in [1.165, 1.54) is 12.8 Å². The zero-order chi connectivity index (χ0) is 15.8. The SMILES string of the molecule is CCO[Si]1(CCCCCC(C)OCC2CO2)OCCC(C)O1. The number of rotatable bonds is 11. The van der Waals surface area contributed by atoms with Crippen molar-refractivity contribution in [3.8, 4) is 0 Å². The average Bonchev–Trinajstić information content (AvgIpc) is 3.29. The zero-order valence-electron chi connectivity index (χ0n) is 14.3. The Kier molecular flexibility index (Phi) is 7.80. The number of hydrogen-bond acceptors (Lipinski definition) is 5. The van der Waals surface area contributed by atoms with Crippen molar-refractivity contribution >= 4 is 8.80 Å². The summed E-state index contributed by atoms with van der Waals surface area (Å²) in [7, 11) is -2.39. The molecule has 2 fully saturated rings. The van der Waals surface area contributed by atoms with Gasteiger partial charge in [-0.2, -0.15) is 0 Å². The molecular formula is C16H32O5Si. The van der Waals surface area contributed by atoms with Gasteiger partial charge in [0.15, 0.2) is 0 Å². The van der Waals surface area contributed by atoms with E-state index >= 15 is 0 Å². The average molecular weight is 333 g/mol. The van der Waals surface area contributed by atoms with Gasteiger partial charge in [0.05, 0.1) is 19.3 Å². The number of hydrogen-bond donors (Lipinski definition) is 0. The monoisotopic (exact) mass is 332 g/mol. The molecule has 2 rings (SSSR count). The first kappa shape index (κ1) is 18.4. The van der Waals surface area contributed by atoms with Gasteiger partial charge < -0.3 is 22.8 Å². The number of epoxide rings is 1. The van der Waals surface area contributed by atoms with Gasteiger partial charge in [0.25, 0.3) is 0 Å². The molecule has 0 amide bonds. The van der Waals surface area contributed by atoms with Crippen LogP contribution in [0.5, 0.6) is 0 Å². The Bertz CT molecular complexity index is 309. The van der Waals surface area contributed by atoms with Crippen molar-refractivity contribution < 1.29 is 22.8 Å². The molecule has 2 heterocycles. The molecule has 0 spiro atoms. The molecule has 2 aliphatic heterocycles. The van der Waals surface area contributed by atoms with Crippen molar-refractivity contribution in [1.82, 2.24) is 0 Å². The molecule has 0 radical (unpaired) electrons. The van der Waals surface area contributed by atoms with Gasteiger partial charge in [0, 0.05) is 25.4 Å². The van der Waals surface area contributed by atoms with Gasteiger partial charge in [-0.3, -0.25) is 0 Å². The van der Waals surface area contributed by atoms with E-state index in [1.807, 2.05) is 6.92 Å². The predicted octanol–water partition coefficient (Wildman–Crippen LogP) is 3.15. The van der Waals surface area contributed by atoms with Crippen LogP contribution < -0.4 is 0 Å². The molecule has 0 N–H and O–H groups in total. The standard InChI is InChI=1S/C16H32O5Si/c1-4-19-22(20-10-9-15(3)21-22)11-7-5-6-8-14(2)17-12-16-13-18-16/h14-16H,4-13H2,1-3H3. The molecule has 6 heteroatoms. The lowest BCUT2D eigenvalue weighted by Gasteiger charge is -2.36. The van der Waals surface area contributed by atoms with Gasteiger partial charge in [-0.15, -0.1) is 0 Å². The van der Waals surface area contributed by atoms with E-state index in [2.05, 4.69) is 13.8 Å². The van der Waals surface area contributed by atoms with Gasteiger partial charge >= 0.3 is 8.80 Å². The van der Waals surface area contributed by atoms with Gasteiger partial charge in [0.1, 0.15) is 6.10 Å². The van der Waals surface area contributed by atoms with Crippen LogP contribution in [0.15, 0.2) is 0 Å². The van der Waals surface area contributed by atoms with E-state index in [1.54, 1.807) is 0 Å². The highest BCUT2D eigenvalue weighted by atomic mass is 28.4. The van der Waals surface area contributed by atoms with Crippen LogP contribution in [0.25, 0.3) is 0 Å². The summed E-state index contributed by atoms with van der Waals surface area (Å²) in [4.78, 5) is 0. The van der Waals surface area contributed by atoms with Crippen molar-refractivity contribution in [3.63, 3.8) is 0 Å². The minimum Gasteiger partial charge on any atom is -0.376 e. The van der Waals surface area contributed by atoms with E-state index in [4.69, 9.17) is 22.8 Å². The van der Waals surface area contributed by atoms with Crippen LogP contribution in [-0.4, -0.2) is 53.5 Å². The lowest BCUT2D eigenvalue weighted by molar-refractivity contribution is -0.0114. The Morgan fingerprint density at radius 1 is 1.27 bits per heavy atom. The molecule has 22 heavy (non-hydrogen) atoms. The molecule has 4 atom stereocenters. The third-order valence-electron chi connectivity index (χ3n) is 4.15. The number of ether oxygens (including phenoxy) is 2. The predicted molar refractivity (Wildman–Crippen MR) is 86.9 cm³/mol.